The molecule has 1 heterocycles. The molecule has 1 aliphatic rings. The van der Waals surface area contributed by atoms with E-state index in [2.05, 4.69) is 5.32 Å². The fraction of sp³-hybridized carbons (Fsp3) is 0.278. The molecule has 0 fully saturated rings. The van der Waals surface area contributed by atoms with E-state index in [1.54, 1.807) is 7.11 Å². The minimum atomic E-state index is -0.0827. The van der Waals surface area contributed by atoms with Gasteiger partial charge in [-0.3, -0.25) is 4.79 Å². The molecule has 22 heavy (non-hydrogen) atoms. The largest absolute Gasteiger partial charge is 0.491 e. The molecule has 4 heteroatoms. The van der Waals surface area contributed by atoms with Gasteiger partial charge >= 0.3 is 0 Å². The molecule has 0 spiro atoms. The van der Waals surface area contributed by atoms with Crippen LogP contribution in [0.25, 0.3) is 0 Å². The van der Waals surface area contributed by atoms with Crippen LogP contribution in [0.1, 0.15) is 21.5 Å². The lowest BCUT2D eigenvalue weighted by atomic mass is 10.0. The molecule has 1 atom stereocenters. The van der Waals surface area contributed by atoms with Gasteiger partial charge in [0.15, 0.2) is 0 Å². The average Bonchev–Trinajstić information content (AvgIpc) is 2.55. The van der Waals surface area contributed by atoms with Crippen molar-refractivity contribution < 1.29 is 14.3 Å². The normalized spacial score (nSPS) is 16.5. The first-order valence-electron chi connectivity index (χ1n) is 7.36. The van der Waals surface area contributed by atoms with Gasteiger partial charge in [-0.25, -0.2) is 0 Å². The highest BCUT2D eigenvalue weighted by Crippen LogP contribution is 2.24. The monoisotopic (exact) mass is 297 g/mol. The van der Waals surface area contributed by atoms with Gasteiger partial charge in [0.05, 0.1) is 12.6 Å². The van der Waals surface area contributed by atoms with Gasteiger partial charge in [-0.1, -0.05) is 36.4 Å². The molecule has 0 unspecified atom stereocenters. The maximum absolute atomic E-state index is 12.5. The van der Waals surface area contributed by atoms with E-state index >= 15 is 0 Å². The van der Waals surface area contributed by atoms with E-state index in [0.29, 0.717) is 18.8 Å². The maximum atomic E-state index is 12.5. The van der Waals surface area contributed by atoms with E-state index in [-0.39, 0.29) is 11.9 Å². The van der Waals surface area contributed by atoms with Gasteiger partial charge < -0.3 is 14.8 Å². The van der Waals surface area contributed by atoms with Crippen LogP contribution in [-0.2, 0) is 17.8 Å². The summed E-state index contributed by atoms with van der Waals surface area (Å²) >= 11 is 0. The lowest BCUT2D eigenvalue weighted by Crippen LogP contribution is -2.43. The highest BCUT2D eigenvalue weighted by atomic mass is 16.5. The molecule has 0 saturated heterocycles. The fourth-order valence-corrected chi connectivity index (χ4v) is 2.71. The van der Waals surface area contributed by atoms with Crippen molar-refractivity contribution >= 4 is 5.91 Å². The Labute approximate surface area is 130 Å². The topological polar surface area (TPSA) is 47.6 Å². The lowest BCUT2D eigenvalue weighted by Gasteiger charge is -2.26. The summed E-state index contributed by atoms with van der Waals surface area (Å²) in [7, 11) is 1.63. The molecule has 0 bridgehead atoms. The Bertz CT molecular complexity index is 669. The van der Waals surface area contributed by atoms with Gasteiger partial charge in [-0.15, -0.1) is 0 Å². The second-order valence-electron chi connectivity index (χ2n) is 5.38. The summed E-state index contributed by atoms with van der Waals surface area (Å²) in [6.07, 6.45) is 0.786. The molecule has 1 aliphatic heterocycles. The first kappa shape index (κ1) is 14.6. The van der Waals surface area contributed by atoms with Gasteiger partial charge in [0.1, 0.15) is 12.4 Å². The summed E-state index contributed by atoms with van der Waals surface area (Å²) < 4.78 is 10.9. The predicted molar refractivity (Wildman–Crippen MR) is 84.1 cm³/mol. The highest BCUT2D eigenvalue weighted by Gasteiger charge is 2.22. The van der Waals surface area contributed by atoms with Crippen LogP contribution in [-0.4, -0.2) is 25.7 Å². The van der Waals surface area contributed by atoms with Crippen LogP contribution >= 0.6 is 0 Å². The molecule has 1 amide bonds. The highest BCUT2D eigenvalue weighted by molar-refractivity contribution is 5.95. The molecule has 0 radical (unpaired) electrons. The molecule has 4 nitrogen and oxygen atoms in total. The molecule has 114 valence electrons. The number of hydrogen-bond acceptors (Lipinski definition) is 3. The third-order valence-electron chi connectivity index (χ3n) is 3.78. The second-order valence-corrected chi connectivity index (χ2v) is 5.38. The Balaban J connectivity index is 1.71. The zero-order chi connectivity index (χ0) is 15.4. The number of para-hydroxylation sites is 1. The summed E-state index contributed by atoms with van der Waals surface area (Å²) in [5, 5.41) is 3.06. The first-order valence-corrected chi connectivity index (χ1v) is 7.36. The van der Waals surface area contributed by atoms with Gasteiger partial charge in [-0.05, 0) is 29.7 Å². The molecule has 0 saturated carbocycles. The van der Waals surface area contributed by atoms with Gasteiger partial charge in [0, 0.05) is 12.7 Å². The summed E-state index contributed by atoms with van der Waals surface area (Å²) in [6, 6.07) is 15.4. The van der Waals surface area contributed by atoms with Crippen molar-refractivity contribution in [2.45, 2.75) is 19.1 Å². The SMILES string of the molecule is COCc1ccccc1C(=O)N[C@H]1COc2ccccc2C1. The number of carbonyl (C=O) groups excluding carboxylic acids is 1. The van der Waals surface area contributed by atoms with Gasteiger partial charge in [0.25, 0.3) is 5.91 Å². The van der Waals surface area contributed by atoms with E-state index in [9.17, 15) is 4.79 Å². The number of amides is 1. The smallest absolute Gasteiger partial charge is 0.251 e. The standard InChI is InChI=1S/C18H19NO3/c1-21-11-14-7-2-4-8-16(14)18(20)19-15-10-13-6-3-5-9-17(13)22-12-15/h2-9,15H,10-12H2,1H3,(H,19,20)/t15-/m1/s1. The second kappa shape index (κ2) is 6.62. The first-order chi connectivity index (χ1) is 10.8. The third kappa shape index (κ3) is 3.12. The van der Waals surface area contributed by atoms with E-state index in [1.165, 1.54) is 0 Å². The molecule has 2 aromatic carbocycles. The number of benzene rings is 2. The lowest BCUT2D eigenvalue weighted by molar-refractivity contribution is 0.0910. The molecule has 1 N–H and O–H groups in total. The number of hydrogen-bond donors (Lipinski definition) is 1. The number of fused-ring (bicyclic) bond motifs is 1. The van der Waals surface area contributed by atoms with Crippen molar-refractivity contribution in [1.82, 2.24) is 5.32 Å². The Morgan fingerprint density at radius 3 is 2.86 bits per heavy atom. The minimum Gasteiger partial charge on any atom is -0.491 e. The van der Waals surface area contributed by atoms with E-state index in [4.69, 9.17) is 9.47 Å². The van der Waals surface area contributed by atoms with E-state index in [1.807, 2.05) is 48.5 Å². The van der Waals surface area contributed by atoms with Gasteiger partial charge in [0.2, 0.25) is 0 Å². The van der Waals surface area contributed by atoms with Crippen molar-refractivity contribution in [2.24, 2.45) is 0 Å². The molecule has 2 aromatic rings. The zero-order valence-electron chi connectivity index (χ0n) is 12.5. The quantitative estimate of drug-likeness (QED) is 0.943. The zero-order valence-corrected chi connectivity index (χ0v) is 12.5. The van der Waals surface area contributed by atoms with Crippen molar-refractivity contribution in [3.63, 3.8) is 0 Å². The summed E-state index contributed by atoms with van der Waals surface area (Å²) in [4.78, 5) is 12.5. The van der Waals surface area contributed by atoms with Crippen LogP contribution in [0.15, 0.2) is 48.5 Å². The fourth-order valence-electron chi connectivity index (χ4n) is 2.71. The van der Waals surface area contributed by atoms with Crippen LogP contribution < -0.4 is 10.1 Å². The summed E-state index contributed by atoms with van der Waals surface area (Å²) in [5.41, 5.74) is 2.67. The molecule has 0 aromatic heterocycles. The van der Waals surface area contributed by atoms with Crippen LogP contribution in [0, 0.1) is 0 Å². The number of nitrogens with one attached hydrogen (secondary N) is 1. The Kier molecular flexibility index (Phi) is 4.39. The molecule has 3 rings (SSSR count). The van der Waals surface area contributed by atoms with Crippen LogP contribution in [0.3, 0.4) is 0 Å². The molecular formula is C18H19NO3. The van der Waals surface area contributed by atoms with Crippen molar-refractivity contribution in [1.29, 1.82) is 0 Å². The predicted octanol–water partition coefficient (Wildman–Crippen LogP) is 2.57. The molecular weight excluding hydrogens is 278 g/mol. The van der Waals surface area contributed by atoms with Crippen molar-refractivity contribution in [3.05, 3.63) is 65.2 Å². The Hall–Kier alpha value is -2.33. The number of rotatable bonds is 4. The van der Waals surface area contributed by atoms with E-state index < -0.39 is 0 Å². The van der Waals surface area contributed by atoms with Crippen molar-refractivity contribution in [2.75, 3.05) is 13.7 Å². The Morgan fingerprint density at radius 2 is 2.00 bits per heavy atom. The van der Waals surface area contributed by atoms with Crippen molar-refractivity contribution in [3.8, 4) is 5.75 Å². The summed E-state index contributed by atoms with van der Waals surface area (Å²) in [6.45, 7) is 0.919. The number of carbonyl (C=O) groups is 1. The number of methoxy groups -OCH3 is 1. The van der Waals surface area contributed by atoms with Gasteiger partial charge in [-0.2, -0.15) is 0 Å². The maximum Gasteiger partial charge on any atom is 0.251 e. The van der Waals surface area contributed by atoms with Crippen LogP contribution in [0.5, 0.6) is 5.75 Å². The Morgan fingerprint density at radius 1 is 1.23 bits per heavy atom. The van der Waals surface area contributed by atoms with Crippen LogP contribution in [0.2, 0.25) is 0 Å². The van der Waals surface area contributed by atoms with E-state index in [0.717, 1.165) is 23.3 Å². The minimum absolute atomic E-state index is 0.0157. The average molecular weight is 297 g/mol. The summed E-state index contributed by atoms with van der Waals surface area (Å²) in [5.74, 6) is 0.827. The third-order valence-corrected chi connectivity index (χ3v) is 3.78. The number of ether oxygens (including phenoxy) is 2. The van der Waals surface area contributed by atoms with Crippen LogP contribution in [0.4, 0.5) is 0 Å². The molecule has 0 aliphatic carbocycles.